The van der Waals surface area contributed by atoms with Crippen molar-refractivity contribution in [3.8, 4) is 0 Å². The third-order valence-electron chi connectivity index (χ3n) is 4.94. The number of Topliss-reactive ketones (excluding diaryl/α,β-unsaturated/α-hetero) is 2. The highest BCUT2D eigenvalue weighted by Gasteiger charge is 2.31. The van der Waals surface area contributed by atoms with Crippen molar-refractivity contribution in [1.29, 1.82) is 0 Å². The Morgan fingerprint density at radius 3 is 1.72 bits per heavy atom. The molecule has 0 radical (unpaired) electrons. The van der Waals surface area contributed by atoms with Crippen LogP contribution in [0.1, 0.15) is 111 Å². The molecule has 0 saturated carbocycles. The maximum atomic E-state index is 12.1. The van der Waals surface area contributed by atoms with Gasteiger partial charge in [0.05, 0.1) is 6.61 Å². The molecule has 0 saturated heterocycles. The summed E-state index contributed by atoms with van der Waals surface area (Å²) in [5, 5.41) is 0. The van der Waals surface area contributed by atoms with Gasteiger partial charge in [-0.1, -0.05) is 70.4 Å². The minimum Gasteiger partial charge on any atom is -0.465 e. The summed E-state index contributed by atoms with van der Waals surface area (Å²) in [5.41, 5.74) is 0. The van der Waals surface area contributed by atoms with E-state index in [0.29, 0.717) is 0 Å². The fourth-order valence-electron chi connectivity index (χ4n) is 3.26. The van der Waals surface area contributed by atoms with Crippen molar-refractivity contribution in [3.63, 3.8) is 0 Å². The Morgan fingerprint density at radius 2 is 1.24 bits per heavy atom. The largest absolute Gasteiger partial charge is 0.465 e. The lowest BCUT2D eigenvalue weighted by Crippen LogP contribution is -2.32. The van der Waals surface area contributed by atoms with Gasteiger partial charge in [0.15, 0.2) is 34.8 Å². The highest BCUT2D eigenvalue weighted by atomic mass is 27.0. The van der Waals surface area contributed by atoms with Crippen LogP contribution in [-0.2, 0) is 19.1 Å². The molecule has 0 N–H and O–H groups in total. The molecule has 168 valence electrons. The Morgan fingerprint density at radius 1 is 0.759 bits per heavy atom. The van der Waals surface area contributed by atoms with Gasteiger partial charge in [-0.25, -0.2) is 0 Å². The number of esters is 1. The topological polar surface area (TPSA) is 60.4 Å². The van der Waals surface area contributed by atoms with E-state index in [1.165, 1.54) is 58.3 Å². The summed E-state index contributed by atoms with van der Waals surface area (Å²) in [7, 11) is 0. The Bertz CT molecular complexity index is 460. The maximum Gasteiger partial charge on any atom is 0.324 e. The van der Waals surface area contributed by atoms with Gasteiger partial charge in [-0.3, -0.25) is 14.4 Å². The molecule has 0 aliphatic heterocycles. The summed E-state index contributed by atoms with van der Waals surface area (Å²) in [4.78, 5) is 35.4. The van der Waals surface area contributed by atoms with Crippen LogP contribution in [0.3, 0.4) is 0 Å². The fraction of sp³-hybridized carbons (Fsp3) is 0.792. The van der Waals surface area contributed by atoms with E-state index in [0.717, 1.165) is 32.1 Å². The monoisotopic (exact) mass is 424 g/mol. The minimum absolute atomic E-state index is 0. The number of rotatable bonds is 19. The Hall–Kier alpha value is -0.918. The number of hydrogen-bond acceptors (Lipinski definition) is 4. The van der Waals surface area contributed by atoms with Crippen LogP contribution in [0.15, 0.2) is 12.2 Å². The van der Waals surface area contributed by atoms with Gasteiger partial charge in [-0.05, 0) is 46.0 Å². The molecule has 5 heteroatoms. The summed E-state index contributed by atoms with van der Waals surface area (Å²) in [6.45, 7) is 5.38. The van der Waals surface area contributed by atoms with Crippen molar-refractivity contribution in [2.45, 2.75) is 111 Å². The minimum atomic E-state index is -1.23. The molecule has 0 aromatic heterocycles. The van der Waals surface area contributed by atoms with E-state index in [1.807, 2.05) is 0 Å². The molecule has 0 rings (SSSR count). The number of hydrogen-bond donors (Lipinski definition) is 0. The smallest absolute Gasteiger partial charge is 0.324 e. The molecule has 0 aromatic carbocycles. The van der Waals surface area contributed by atoms with Crippen LogP contribution in [0.2, 0.25) is 0 Å². The summed E-state index contributed by atoms with van der Waals surface area (Å²) >= 11 is 0. The lowest BCUT2D eigenvalue weighted by Gasteiger charge is -2.11. The van der Waals surface area contributed by atoms with E-state index in [1.54, 1.807) is 6.92 Å². The van der Waals surface area contributed by atoms with Crippen LogP contribution in [0.25, 0.3) is 0 Å². The number of unbranched alkanes of at least 4 members (excludes halogenated alkanes) is 11. The van der Waals surface area contributed by atoms with Crippen LogP contribution < -0.4 is 0 Å². The van der Waals surface area contributed by atoms with Gasteiger partial charge in [-0.2, -0.15) is 0 Å². The van der Waals surface area contributed by atoms with Crippen LogP contribution in [-0.4, -0.2) is 41.5 Å². The molecule has 0 aliphatic rings. The zero-order chi connectivity index (χ0) is 21.0. The standard InChI is InChI=1S/C24H42O4.Al.3H/c1-4-6-7-8-9-10-11-12-13-14-15-16-17-18-19-20-22(26)23(21(3)25)24(27)28-5-2;;;;/h12-13,23H,4-11,14-20H2,1-3H3;;;;/b13-12-;;;;. The third kappa shape index (κ3) is 17.6. The molecule has 0 aliphatic carbocycles. The van der Waals surface area contributed by atoms with E-state index in [-0.39, 0.29) is 36.2 Å². The first-order chi connectivity index (χ1) is 13.5. The van der Waals surface area contributed by atoms with Gasteiger partial charge < -0.3 is 4.74 Å². The van der Waals surface area contributed by atoms with Crippen molar-refractivity contribution in [2.75, 3.05) is 6.61 Å². The lowest BCUT2D eigenvalue weighted by molar-refractivity contribution is -0.154. The van der Waals surface area contributed by atoms with E-state index in [9.17, 15) is 14.4 Å². The van der Waals surface area contributed by atoms with Gasteiger partial charge >= 0.3 is 5.97 Å². The first-order valence-corrected chi connectivity index (χ1v) is 11.4. The van der Waals surface area contributed by atoms with Crippen molar-refractivity contribution in [3.05, 3.63) is 12.2 Å². The molecular weight excluding hydrogens is 379 g/mol. The predicted octanol–water partition coefficient (Wildman–Crippen LogP) is 5.18. The third-order valence-corrected chi connectivity index (χ3v) is 4.94. The first kappa shape index (κ1) is 30.3. The predicted molar refractivity (Wildman–Crippen MR) is 125 cm³/mol. The molecular formula is C24H45AlO4. The summed E-state index contributed by atoms with van der Waals surface area (Å²) in [6, 6.07) is 0. The second-order valence-electron chi connectivity index (χ2n) is 7.60. The fourth-order valence-corrected chi connectivity index (χ4v) is 3.26. The molecule has 0 spiro atoms. The Balaban J connectivity index is 0. The van der Waals surface area contributed by atoms with Crippen molar-refractivity contribution in [2.24, 2.45) is 5.92 Å². The van der Waals surface area contributed by atoms with Gasteiger partial charge in [-0.15, -0.1) is 0 Å². The van der Waals surface area contributed by atoms with Crippen LogP contribution in [0.4, 0.5) is 0 Å². The van der Waals surface area contributed by atoms with Crippen LogP contribution >= 0.6 is 0 Å². The Kier molecular flexibility index (Phi) is 22.7. The zero-order valence-corrected chi connectivity index (χ0v) is 18.5. The highest BCUT2D eigenvalue weighted by molar-refractivity contribution is 6.16. The molecule has 4 nitrogen and oxygen atoms in total. The molecule has 0 heterocycles. The molecule has 0 amide bonds. The summed E-state index contributed by atoms with van der Waals surface area (Å²) in [5.74, 6) is -2.65. The van der Waals surface area contributed by atoms with E-state index in [4.69, 9.17) is 4.74 Å². The average Bonchev–Trinajstić information content (AvgIpc) is 2.65. The zero-order valence-electron chi connectivity index (χ0n) is 18.5. The van der Waals surface area contributed by atoms with Crippen LogP contribution in [0.5, 0.6) is 0 Å². The van der Waals surface area contributed by atoms with Gasteiger partial charge in [0.1, 0.15) is 0 Å². The maximum absolute atomic E-state index is 12.1. The second-order valence-corrected chi connectivity index (χ2v) is 7.60. The number of carbonyl (C=O) groups is 3. The lowest BCUT2D eigenvalue weighted by atomic mass is 9.95. The average molecular weight is 425 g/mol. The van der Waals surface area contributed by atoms with Crippen molar-refractivity contribution in [1.82, 2.24) is 0 Å². The molecule has 0 aromatic rings. The van der Waals surface area contributed by atoms with Crippen molar-refractivity contribution >= 4 is 34.9 Å². The van der Waals surface area contributed by atoms with Crippen molar-refractivity contribution < 1.29 is 19.1 Å². The molecule has 1 atom stereocenters. The van der Waals surface area contributed by atoms with Gasteiger partial charge in [0.2, 0.25) is 0 Å². The van der Waals surface area contributed by atoms with Gasteiger partial charge in [0.25, 0.3) is 0 Å². The quantitative estimate of drug-likeness (QED) is 0.0943. The normalized spacial score (nSPS) is 11.8. The molecule has 29 heavy (non-hydrogen) atoms. The highest BCUT2D eigenvalue weighted by Crippen LogP contribution is 2.13. The number of allylic oxidation sites excluding steroid dienone is 2. The SMILES string of the molecule is CCCCCCCC/C=C\CCCCCCCC(=O)C(C(C)=O)C(=O)OCC.[AlH3]. The second kappa shape index (κ2) is 21.8. The summed E-state index contributed by atoms with van der Waals surface area (Å²) < 4.78 is 4.83. The summed E-state index contributed by atoms with van der Waals surface area (Å²) in [6.07, 6.45) is 20.4. The number of carbonyl (C=O) groups excluding carboxylic acids is 3. The molecule has 0 fully saturated rings. The van der Waals surface area contributed by atoms with E-state index in [2.05, 4.69) is 19.1 Å². The van der Waals surface area contributed by atoms with E-state index < -0.39 is 17.7 Å². The molecule has 0 bridgehead atoms. The number of ketones is 2. The Labute approximate surface area is 189 Å². The molecule has 1 unspecified atom stereocenters. The number of ether oxygens (including phenoxy) is 1. The van der Waals surface area contributed by atoms with Gasteiger partial charge in [0, 0.05) is 6.42 Å². The van der Waals surface area contributed by atoms with Crippen LogP contribution in [0, 0.1) is 5.92 Å². The first-order valence-electron chi connectivity index (χ1n) is 11.4. The van der Waals surface area contributed by atoms with E-state index >= 15 is 0 Å².